The molecule has 5 heteroatoms. The summed E-state index contributed by atoms with van der Waals surface area (Å²) in [6, 6.07) is 4.96. The van der Waals surface area contributed by atoms with Gasteiger partial charge in [0, 0.05) is 6.54 Å². The predicted molar refractivity (Wildman–Crippen MR) is 73.8 cm³/mol. The van der Waals surface area contributed by atoms with Crippen molar-refractivity contribution < 1.29 is 9.53 Å². The van der Waals surface area contributed by atoms with Gasteiger partial charge in [0.05, 0.1) is 29.5 Å². The monoisotopic (exact) mass is 268 g/mol. The number of nitrogen functional groups attached to an aromatic ring is 1. The average molecular weight is 269 g/mol. The zero-order valence-corrected chi connectivity index (χ0v) is 11.1. The summed E-state index contributed by atoms with van der Waals surface area (Å²) in [5, 5.41) is 3.08. The Bertz CT molecular complexity index is 447. The molecule has 0 aliphatic rings. The minimum atomic E-state index is -0.256. The van der Waals surface area contributed by atoms with E-state index in [0.29, 0.717) is 36.0 Å². The maximum atomic E-state index is 11.8. The number of nitrogens with two attached hydrogens (primary N) is 1. The highest BCUT2D eigenvalue weighted by atomic mass is 35.5. The van der Waals surface area contributed by atoms with Crippen molar-refractivity contribution in [1.29, 1.82) is 0 Å². The van der Waals surface area contributed by atoms with Crippen LogP contribution in [0, 0.1) is 0 Å². The molecule has 18 heavy (non-hydrogen) atoms. The first kappa shape index (κ1) is 14.5. The summed E-state index contributed by atoms with van der Waals surface area (Å²) in [5.74, 6) is -0.256. The highest BCUT2D eigenvalue weighted by molar-refractivity contribution is 6.33. The Morgan fingerprint density at radius 1 is 1.56 bits per heavy atom. The van der Waals surface area contributed by atoms with Crippen LogP contribution in [0.3, 0.4) is 0 Å². The van der Waals surface area contributed by atoms with E-state index in [1.54, 1.807) is 18.2 Å². The summed E-state index contributed by atoms with van der Waals surface area (Å²) in [4.78, 5) is 11.8. The first-order valence-corrected chi connectivity index (χ1v) is 5.94. The number of nitrogens with one attached hydrogen (secondary N) is 1. The van der Waals surface area contributed by atoms with Gasteiger partial charge in [-0.3, -0.25) is 4.79 Å². The molecule has 0 spiro atoms. The molecule has 0 aliphatic heterocycles. The fourth-order valence-electron chi connectivity index (χ4n) is 1.31. The zero-order valence-electron chi connectivity index (χ0n) is 10.3. The van der Waals surface area contributed by atoms with Crippen LogP contribution in [0.4, 0.5) is 5.69 Å². The molecular formula is C13H17ClN2O2. The summed E-state index contributed by atoms with van der Waals surface area (Å²) in [6.07, 6.45) is 0. The van der Waals surface area contributed by atoms with Crippen LogP contribution in [-0.4, -0.2) is 25.7 Å². The Labute approximate surface area is 112 Å². The normalized spacial score (nSPS) is 10.1. The van der Waals surface area contributed by atoms with Crippen molar-refractivity contribution in [2.75, 3.05) is 25.5 Å². The molecule has 1 aromatic rings. The Morgan fingerprint density at radius 3 is 2.94 bits per heavy atom. The molecule has 0 fully saturated rings. The summed E-state index contributed by atoms with van der Waals surface area (Å²) in [7, 11) is 0. The van der Waals surface area contributed by atoms with Gasteiger partial charge in [0.25, 0.3) is 5.91 Å². The van der Waals surface area contributed by atoms with E-state index in [0.717, 1.165) is 5.57 Å². The first-order chi connectivity index (χ1) is 8.52. The van der Waals surface area contributed by atoms with Crippen molar-refractivity contribution in [3.05, 3.63) is 40.9 Å². The molecule has 3 N–H and O–H groups in total. The maximum Gasteiger partial charge on any atom is 0.253 e. The van der Waals surface area contributed by atoms with Gasteiger partial charge in [0.1, 0.15) is 0 Å². The molecule has 1 aromatic carbocycles. The zero-order chi connectivity index (χ0) is 13.5. The number of anilines is 1. The first-order valence-electron chi connectivity index (χ1n) is 5.56. The standard InChI is InChI=1S/C13H17ClN2O2/c1-9(2)8-18-7-6-16-13(17)10-4-3-5-11(14)12(10)15/h3-5H,1,6-8,15H2,2H3,(H,16,17). The summed E-state index contributed by atoms with van der Waals surface area (Å²) < 4.78 is 5.26. The molecule has 1 amide bonds. The van der Waals surface area contributed by atoms with Crippen LogP contribution in [0.5, 0.6) is 0 Å². The second-order valence-corrected chi connectivity index (χ2v) is 4.37. The van der Waals surface area contributed by atoms with E-state index in [9.17, 15) is 4.79 Å². The Kier molecular flexibility index (Phi) is 5.68. The summed E-state index contributed by atoms with van der Waals surface area (Å²) in [5.41, 5.74) is 7.33. The lowest BCUT2D eigenvalue weighted by atomic mass is 10.1. The largest absolute Gasteiger partial charge is 0.397 e. The van der Waals surface area contributed by atoms with Crippen molar-refractivity contribution in [2.45, 2.75) is 6.92 Å². The van der Waals surface area contributed by atoms with Gasteiger partial charge in [0.15, 0.2) is 0 Å². The van der Waals surface area contributed by atoms with E-state index < -0.39 is 0 Å². The molecule has 0 atom stereocenters. The van der Waals surface area contributed by atoms with Gasteiger partial charge in [-0.15, -0.1) is 0 Å². The van der Waals surface area contributed by atoms with Gasteiger partial charge < -0.3 is 15.8 Å². The minimum Gasteiger partial charge on any atom is -0.397 e. The number of amides is 1. The number of hydrogen-bond acceptors (Lipinski definition) is 3. The topological polar surface area (TPSA) is 64.3 Å². The molecule has 0 bridgehead atoms. The third kappa shape index (κ3) is 4.39. The molecule has 98 valence electrons. The lowest BCUT2D eigenvalue weighted by Gasteiger charge is -2.09. The molecule has 0 aliphatic carbocycles. The van der Waals surface area contributed by atoms with Crippen LogP contribution < -0.4 is 11.1 Å². The lowest BCUT2D eigenvalue weighted by molar-refractivity contribution is 0.0927. The number of carbonyl (C=O) groups is 1. The lowest BCUT2D eigenvalue weighted by Crippen LogP contribution is -2.28. The number of benzene rings is 1. The molecule has 0 radical (unpaired) electrons. The van der Waals surface area contributed by atoms with E-state index >= 15 is 0 Å². The Balaban J connectivity index is 2.41. The molecule has 4 nitrogen and oxygen atoms in total. The van der Waals surface area contributed by atoms with Crippen LogP contribution in [0.2, 0.25) is 5.02 Å². The van der Waals surface area contributed by atoms with Crippen molar-refractivity contribution in [3.63, 3.8) is 0 Å². The number of ether oxygens (including phenoxy) is 1. The van der Waals surface area contributed by atoms with Gasteiger partial charge in [-0.1, -0.05) is 29.8 Å². The highest BCUT2D eigenvalue weighted by Gasteiger charge is 2.10. The molecule has 0 saturated carbocycles. The van der Waals surface area contributed by atoms with E-state index in [-0.39, 0.29) is 5.91 Å². The molecular weight excluding hydrogens is 252 g/mol. The van der Waals surface area contributed by atoms with Gasteiger partial charge in [0.2, 0.25) is 0 Å². The van der Waals surface area contributed by atoms with Crippen molar-refractivity contribution >= 4 is 23.2 Å². The summed E-state index contributed by atoms with van der Waals surface area (Å²) in [6.45, 7) is 6.93. The fraction of sp³-hybridized carbons (Fsp3) is 0.308. The molecule has 1 rings (SSSR count). The SMILES string of the molecule is C=C(C)COCCNC(=O)c1cccc(Cl)c1N. The smallest absolute Gasteiger partial charge is 0.253 e. The number of para-hydroxylation sites is 1. The van der Waals surface area contributed by atoms with Gasteiger partial charge in [-0.25, -0.2) is 0 Å². The van der Waals surface area contributed by atoms with Crippen molar-refractivity contribution in [3.8, 4) is 0 Å². The fourth-order valence-corrected chi connectivity index (χ4v) is 1.49. The number of rotatable bonds is 6. The summed E-state index contributed by atoms with van der Waals surface area (Å²) >= 11 is 5.84. The van der Waals surface area contributed by atoms with Gasteiger partial charge in [-0.05, 0) is 19.1 Å². The van der Waals surface area contributed by atoms with Crippen LogP contribution in [0.25, 0.3) is 0 Å². The van der Waals surface area contributed by atoms with Crippen LogP contribution >= 0.6 is 11.6 Å². The Hall–Kier alpha value is -1.52. The highest BCUT2D eigenvalue weighted by Crippen LogP contribution is 2.21. The third-order valence-electron chi connectivity index (χ3n) is 2.18. The van der Waals surface area contributed by atoms with Gasteiger partial charge in [-0.2, -0.15) is 0 Å². The van der Waals surface area contributed by atoms with E-state index in [4.69, 9.17) is 22.1 Å². The van der Waals surface area contributed by atoms with Crippen molar-refractivity contribution in [1.82, 2.24) is 5.32 Å². The molecule has 0 saturated heterocycles. The second kappa shape index (κ2) is 7.03. The Morgan fingerprint density at radius 2 is 2.28 bits per heavy atom. The van der Waals surface area contributed by atoms with E-state index in [1.807, 2.05) is 6.92 Å². The van der Waals surface area contributed by atoms with Crippen LogP contribution in [0.1, 0.15) is 17.3 Å². The number of carbonyl (C=O) groups excluding carboxylic acids is 1. The minimum absolute atomic E-state index is 0.256. The third-order valence-corrected chi connectivity index (χ3v) is 2.51. The molecule has 0 heterocycles. The van der Waals surface area contributed by atoms with Crippen molar-refractivity contribution in [2.24, 2.45) is 0 Å². The average Bonchev–Trinajstić information content (AvgIpc) is 2.31. The molecule has 0 aromatic heterocycles. The van der Waals surface area contributed by atoms with E-state index in [2.05, 4.69) is 11.9 Å². The van der Waals surface area contributed by atoms with Gasteiger partial charge >= 0.3 is 0 Å². The number of hydrogen-bond donors (Lipinski definition) is 2. The maximum absolute atomic E-state index is 11.8. The predicted octanol–water partition coefficient (Wildman–Crippen LogP) is 2.24. The number of halogens is 1. The van der Waals surface area contributed by atoms with Crippen LogP contribution in [0.15, 0.2) is 30.4 Å². The van der Waals surface area contributed by atoms with E-state index in [1.165, 1.54) is 0 Å². The second-order valence-electron chi connectivity index (χ2n) is 3.97. The molecule has 0 unspecified atom stereocenters. The van der Waals surface area contributed by atoms with Crippen LogP contribution in [-0.2, 0) is 4.74 Å². The quantitative estimate of drug-likeness (QED) is 0.472.